The largest absolute Gasteiger partial charge is 0.480 e. The molecule has 1 atom stereocenters. The highest BCUT2D eigenvalue weighted by molar-refractivity contribution is 7.18. The first-order valence-corrected chi connectivity index (χ1v) is 11.7. The standard InChI is InChI=1S/C21H23ClFN7O2S/c1-20(2,3)16(18(31)32)30-26-17(25-27-30)15-7-24-19(33-15)29-10-21(11-29)8-28(9-21)14-6-12(23)4-5-13(14)22/h4-7,16H,8-11H2,1-3H3,(H,31,32). The van der Waals surface area contributed by atoms with Gasteiger partial charge in [0.05, 0.1) is 21.8 Å². The van der Waals surface area contributed by atoms with Crippen LogP contribution >= 0.6 is 22.9 Å². The third kappa shape index (κ3) is 3.93. The van der Waals surface area contributed by atoms with Crippen LogP contribution in [0.3, 0.4) is 0 Å². The van der Waals surface area contributed by atoms with Gasteiger partial charge in [-0.05, 0) is 28.8 Å². The second-order valence-electron chi connectivity index (χ2n) is 9.86. The van der Waals surface area contributed by atoms with E-state index in [9.17, 15) is 14.3 Å². The molecule has 1 N–H and O–H groups in total. The minimum absolute atomic E-state index is 0.157. The lowest BCUT2D eigenvalue weighted by Crippen LogP contribution is -2.72. The number of hydrogen-bond acceptors (Lipinski definition) is 8. The molecule has 0 aliphatic carbocycles. The lowest BCUT2D eigenvalue weighted by Gasteiger charge is -2.61. The maximum Gasteiger partial charge on any atom is 0.331 e. The average molecular weight is 492 g/mol. The average Bonchev–Trinajstić information content (AvgIpc) is 3.30. The van der Waals surface area contributed by atoms with Crippen molar-refractivity contribution in [1.29, 1.82) is 0 Å². The lowest BCUT2D eigenvalue weighted by molar-refractivity contribution is -0.145. The van der Waals surface area contributed by atoms with E-state index in [1.807, 2.05) is 20.8 Å². The van der Waals surface area contributed by atoms with Crippen molar-refractivity contribution in [2.45, 2.75) is 26.8 Å². The zero-order valence-corrected chi connectivity index (χ0v) is 19.9. The normalized spacial score (nSPS) is 18.2. The van der Waals surface area contributed by atoms with Crippen molar-refractivity contribution >= 4 is 39.7 Å². The van der Waals surface area contributed by atoms with Gasteiger partial charge < -0.3 is 14.9 Å². The highest BCUT2D eigenvalue weighted by atomic mass is 35.5. The van der Waals surface area contributed by atoms with E-state index in [1.54, 1.807) is 12.3 Å². The van der Waals surface area contributed by atoms with Gasteiger partial charge in [0.15, 0.2) is 11.2 Å². The van der Waals surface area contributed by atoms with E-state index in [-0.39, 0.29) is 11.2 Å². The highest BCUT2D eigenvalue weighted by Gasteiger charge is 2.53. The summed E-state index contributed by atoms with van der Waals surface area (Å²) in [6.07, 6.45) is 1.69. The molecule has 9 nitrogen and oxygen atoms in total. The maximum atomic E-state index is 13.6. The predicted molar refractivity (Wildman–Crippen MR) is 123 cm³/mol. The summed E-state index contributed by atoms with van der Waals surface area (Å²) in [6.45, 7) is 8.83. The number of aromatic nitrogens is 5. The second-order valence-corrected chi connectivity index (χ2v) is 11.3. The van der Waals surface area contributed by atoms with Gasteiger partial charge in [0.25, 0.3) is 0 Å². The van der Waals surface area contributed by atoms with E-state index in [4.69, 9.17) is 11.6 Å². The van der Waals surface area contributed by atoms with Gasteiger partial charge >= 0.3 is 5.97 Å². The molecular weight excluding hydrogens is 469 g/mol. The van der Waals surface area contributed by atoms with Gasteiger partial charge in [0.1, 0.15) is 5.82 Å². The summed E-state index contributed by atoms with van der Waals surface area (Å²) in [5, 5.41) is 23.4. The van der Waals surface area contributed by atoms with Crippen LogP contribution < -0.4 is 9.80 Å². The van der Waals surface area contributed by atoms with Crippen molar-refractivity contribution in [2.24, 2.45) is 10.8 Å². The van der Waals surface area contributed by atoms with Crippen LogP contribution in [0.4, 0.5) is 15.2 Å². The number of thiazole rings is 1. The number of tetrazole rings is 1. The van der Waals surface area contributed by atoms with Crippen molar-refractivity contribution in [2.75, 3.05) is 36.0 Å². The fourth-order valence-electron chi connectivity index (χ4n) is 4.52. The number of carboxylic acids is 1. The van der Waals surface area contributed by atoms with Gasteiger partial charge in [-0.25, -0.2) is 14.2 Å². The number of rotatable bonds is 5. The Morgan fingerprint density at radius 1 is 1.24 bits per heavy atom. The summed E-state index contributed by atoms with van der Waals surface area (Å²) in [5.41, 5.74) is 0.326. The minimum atomic E-state index is -1.00. The van der Waals surface area contributed by atoms with Crippen LogP contribution in [0.2, 0.25) is 5.02 Å². The third-order valence-electron chi connectivity index (χ3n) is 6.05. The molecule has 3 aromatic rings. The summed E-state index contributed by atoms with van der Waals surface area (Å²) in [7, 11) is 0. The number of benzene rings is 1. The highest BCUT2D eigenvalue weighted by Crippen LogP contribution is 2.46. The van der Waals surface area contributed by atoms with Crippen molar-refractivity contribution in [3.05, 3.63) is 35.2 Å². The number of nitrogens with zero attached hydrogens (tertiary/aromatic N) is 7. The van der Waals surface area contributed by atoms with Gasteiger partial charge in [-0.3, -0.25) is 0 Å². The number of halogens is 2. The molecule has 1 unspecified atom stereocenters. The summed E-state index contributed by atoms with van der Waals surface area (Å²) in [6, 6.07) is 3.51. The van der Waals surface area contributed by atoms with Crippen LogP contribution in [-0.4, -0.2) is 62.4 Å². The Morgan fingerprint density at radius 2 is 1.94 bits per heavy atom. The van der Waals surface area contributed by atoms with Gasteiger partial charge in [0, 0.05) is 31.6 Å². The zero-order chi connectivity index (χ0) is 23.5. The molecule has 0 radical (unpaired) electrons. The van der Waals surface area contributed by atoms with E-state index in [0.717, 1.165) is 46.7 Å². The number of hydrogen-bond donors (Lipinski definition) is 1. The fraction of sp³-hybridized carbons (Fsp3) is 0.476. The Labute approximate surface area is 198 Å². The van der Waals surface area contributed by atoms with Crippen molar-refractivity contribution in [3.8, 4) is 10.7 Å². The van der Waals surface area contributed by atoms with Gasteiger partial charge in [-0.1, -0.05) is 43.7 Å². The summed E-state index contributed by atoms with van der Waals surface area (Å²) >= 11 is 7.68. The molecular formula is C21H23ClFN7O2S. The zero-order valence-electron chi connectivity index (χ0n) is 18.4. The fourth-order valence-corrected chi connectivity index (χ4v) is 5.60. The third-order valence-corrected chi connectivity index (χ3v) is 7.43. The van der Waals surface area contributed by atoms with Crippen molar-refractivity contribution in [3.63, 3.8) is 0 Å². The molecule has 2 fully saturated rings. The smallest absolute Gasteiger partial charge is 0.331 e. The van der Waals surface area contributed by atoms with E-state index in [0.29, 0.717) is 10.8 Å². The predicted octanol–water partition coefficient (Wildman–Crippen LogP) is 3.59. The first-order valence-electron chi connectivity index (χ1n) is 10.5. The van der Waals surface area contributed by atoms with Gasteiger partial charge in [-0.2, -0.15) is 0 Å². The quantitative estimate of drug-likeness (QED) is 0.578. The molecule has 2 aromatic heterocycles. The molecule has 0 amide bonds. The molecule has 2 saturated heterocycles. The van der Waals surface area contributed by atoms with E-state index in [2.05, 4.69) is 30.2 Å². The molecule has 0 saturated carbocycles. The Kier molecular flexibility index (Phi) is 5.09. The monoisotopic (exact) mass is 491 g/mol. The maximum absolute atomic E-state index is 13.6. The van der Waals surface area contributed by atoms with E-state index < -0.39 is 17.4 Å². The second kappa shape index (κ2) is 7.63. The molecule has 1 spiro atoms. The molecule has 2 aliphatic heterocycles. The van der Waals surface area contributed by atoms with Crippen LogP contribution in [0.15, 0.2) is 24.4 Å². The SMILES string of the molecule is CC(C)(C)C(C(=O)O)n1nnc(-c2cnc(N3CC4(C3)CN(c3cc(F)ccc3Cl)C4)s2)n1. The van der Waals surface area contributed by atoms with Crippen LogP contribution in [-0.2, 0) is 4.79 Å². The van der Waals surface area contributed by atoms with Crippen molar-refractivity contribution < 1.29 is 14.3 Å². The molecule has 12 heteroatoms. The van der Waals surface area contributed by atoms with Gasteiger partial charge in [0.2, 0.25) is 5.82 Å². The Hall–Kier alpha value is -2.79. The Bertz CT molecular complexity index is 1210. The number of carbonyl (C=O) groups is 1. The minimum Gasteiger partial charge on any atom is -0.480 e. The molecule has 4 heterocycles. The summed E-state index contributed by atoms with van der Waals surface area (Å²) < 4.78 is 13.6. The van der Waals surface area contributed by atoms with Crippen LogP contribution in [0.25, 0.3) is 10.7 Å². The number of aliphatic carboxylic acids is 1. The topological polar surface area (TPSA) is 100 Å². The van der Waals surface area contributed by atoms with Crippen molar-refractivity contribution in [1.82, 2.24) is 25.2 Å². The lowest BCUT2D eigenvalue weighted by atomic mass is 9.73. The van der Waals surface area contributed by atoms with E-state index in [1.165, 1.54) is 23.5 Å². The molecule has 174 valence electrons. The molecule has 0 bridgehead atoms. The molecule has 33 heavy (non-hydrogen) atoms. The Morgan fingerprint density at radius 3 is 2.61 bits per heavy atom. The Balaban J connectivity index is 1.23. The summed E-state index contributed by atoms with van der Waals surface area (Å²) in [4.78, 5) is 22.4. The first kappa shape index (κ1) is 22.0. The van der Waals surface area contributed by atoms with E-state index >= 15 is 0 Å². The number of carboxylic acid groups (broad SMARTS) is 1. The molecule has 5 rings (SSSR count). The van der Waals surface area contributed by atoms with Crippen LogP contribution in [0.5, 0.6) is 0 Å². The molecule has 1 aromatic carbocycles. The van der Waals surface area contributed by atoms with Crippen LogP contribution in [0.1, 0.15) is 26.8 Å². The summed E-state index contributed by atoms with van der Waals surface area (Å²) in [5.74, 6) is -0.930. The number of anilines is 2. The van der Waals surface area contributed by atoms with Crippen LogP contribution in [0, 0.1) is 16.6 Å². The first-order chi connectivity index (χ1) is 15.5. The van der Waals surface area contributed by atoms with Gasteiger partial charge in [-0.15, -0.1) is 15.0 Å². The molecule has 2 aliphatic rings.